The Morgan fingerprint density at radius 2 is 1.65 bits per heavy atom. The highest BCUT2D eigenvalue weighted by Crippen LogP contribution is 2.29. The van der Waals surface area contributed by atoms with Gasteiger partial charge < -0.3 is 5.32 Å². The molecule has 1 aliphatic heterocycles. The van der Waals surface area contributed by atoms with E-state index in [0.29, 0.717) is 17.4 Å². The van der Waals surface area contributed by atoms with E-state index in [1.54, 1.807) is 6.08 Å². The van der Waals surface area contributed by atoms with E-state index in [1.165, 1.54) is 46.5 Å². The molecule has 1 aliphatic rings. The zero-order chi connectivity index (χ0) is 23.8. The molecule has 1 heterocycles. The molecule has 0 radical (unpaired) electrons. The van der Waals surface area contributed by atoms with Gasteiger partial charge >= 0.3 is 0 Å². The minimum atomic E-state index is -0.392. The van der Waals surface area contributed by atoms with Crippen molar-refractivity contribution in [1.82, 2.24) is 5.32 Å². The SMILES string of the molecule is O=C(CSC1=NC(=Cc2ccccc2)C(=O)N1c1ccc(F)cc1)NCCCc1ccccc1. The molecule has 0 aliphatic carbocycles. The number of hydrogen-bond donors (Lipinski definition) is 1. The number of carbonyl (C=O) groups is 2. The number of carbonyl (C=O) groups excluding carboxylic acids is 2. The van der Waals surface area contributed by atoms with Crippen molar-refractivity contribution in [1.29, 1.82) is 0 Å². The van der Waals surface area contributed by atoms with Crippen LogP contribution in [0.4, 0.5) is 10.1 Å². The second-order valence-electron chi connectivity index (χ2n) is 7.68. The van der Waals surface area contributed by atoms with E-state index in [9.17, 15) is 14.0 Å². The third kappa shape index (κ3) is 6.20. The van der Waals surface area contributed by atoms with Crippen molar-refractivity contribution in [2.24, 2.45) is 4.99 Å². The van der Waals surface area contributed by atoms with Crippen LogP contribution in [-0.4, -0.2) is 29.3 Å². The summed E-state index contributed by atoms with van der Waals surface area (Å²) in [6.45, 7) is 0.570. The van der Waals surface area contributed by atoms with Crippen LogP contribution in [0.2, 0.25) is 0 Å². The minimum Gasteiger partial charge on any atom is -0.355 e. The van der Waals surface area contributed by atoms with Gasteiger partial charge in [0.15, 0.2) is 5.17 Å². The summed E-state index contributed by atoms with van der Waals surface area (Å²) < 4.78 is 13.4. The lowest BCUT2D eigenvalue weighted by atomic mass is 10.1. The van der Waals surface area contributed by atoms with Gasteiger partial charge in [0.1, 0.15) is 11.5 Å². The molecular weight excluding hydrogens is 449 g/mol. The molecule has 0 bridgehead atoms. The Kier molecular flexibility index (Phi) is 7.88. The van der Waals surface area contributed by atoms with Crippen LogP contribution >= 0.6 is 11.8 Å². The number of nitrogens with one attached hydrogen (secondary N) is 1. The van der Waals surface area contributed by atoms with E-state index < -0.39 is 5.82 Å². The van der Waals surface area contributed by atoms with Crippen LogP contribution in [0.5, 0.6) is 0 Å². The molecule has 0 saturated heterocycles. The van der Waals surface area contributed by atoms with Gasteiger partial charge in [-0.15, -0.1) is 0 Å². The maximum absolute atomic E-state index is 13.4. The van der Waals surface area contributed by atoms with Crippen LogP contribution in [0.15, 0.2) is 95.6 Å². The summed E-state index contributed by atoms with van der Waals surface area (Å²) in [5, 5.41) is 3.31. The maximum atomic E-state index is 13.4. The minimum absolute atomic E-state index is 0.119. The second kappa shape index (κ2) is 11.4. The highest BCUT2D eigenvalue weighted by molar-refractivity contribution is 8.14. The predicted octanol–water partition coefficient (Wildman–Crippen LogP) is 5.05. The first-order valence-electron chi connectivity index (χ1n) is 11.0. The average Bonchev–Trinajstić information content (AvgIpc) is 3.17. The van der Waals surface area contributed by atoms with Gasteiger partial charge in [0.25, 0.3) is 5.91 Å². The number of anilines is 1. The van der Waals surface area contributed by atoms with Crippen molar-refractivity contribution in [3.8, 4) is 0 Å². The van der Waals surface area contributed by atoms with Gasteiger partial charge in [-0.2, -0.15) is 0 Å². The Labute approximate surface area is 202 Å². The standard InChI is InChI=1S/C27H24FN3O2S/c28-22-13-15-23(16-14-22)31-26(33)24(18-21-10-5-2-6-11-21)30-27(31)34-19-25(32)29-17-7-12-20-8-3-1-4-9-20/h1-6,8-11,13-16,18H,7,12,17,19H2,(H,29,32). The number of hydrogen-bond acceptors (Lipinski definition) is 4. The maximum Gasteiger partial charge on any atom is 0.283 e. The van der Waals surface area contributed by atoms with Crippen LogP contribution in [0.1, 0.15) is 17.5 Å². The lowest BCUT2D eigenvalue weighted by molar-refractivity contribution is -0.118. The van der Waals surface area contributed by atoms with E-state index in [2.05, 4.69) is 22.4 Å². The third-order valence-electron chi connectivity index (χ3n) is 5.16. The van der Waals surface area contributed by atoms with Gasteiger partial charge in [-0.05, 0) is 54.3 Å². The summed E-state index contributed by atoms with van der Waals surface area (Å²) in [5.74, 6) is -0.723. The topological polar surface area (TPSA) is 61.8 Å². The summed E-state index contributed by atoms with van der Waals surface area (Å²) in [6, 6.07) is 25.2. The predicted molar refractivity (Wildman–Crippen MR) is 136 cm³/mol. The summed E-state index contributed by atoms with van der Waals surface area (Å²) in [4.78, 5) is 31.4. The molecule has 3 aromatic carbocycles. The first-order chi connectivity index (χ1) is 16.6. The van der Waals surface area contributed by atoms with Gasteiger partial charge in [-0.25, -0.2) is 9.38 Å². The van der Waals surface area contributed by atoms with E-state index >= 15 is 0 Å². The number of benzene rings is 3. The van der Waals surface area contributed by atoms with Crippen LogP contribution in [-0.2, 0) is 16.0 Å². The molecule has 0 aromatic heterocycles. The molecule has 2 amide bonds. The van der Waals surface area contributed by atoms with E-state index in [-0.39, 0.29) is 23.3 Å². The lowest BCUT2D eigenvalue weighted by Crippen LogP contribution is -2.32. The van der Waals surface area contributed by atoms with Crippen molar-refractivity contribution in [2.75, 3.05) is 17.2 Å². The van der Waals surface area contributed by atoms with E-state index in [1.807, 2.05) is 48.5 Å². The molecule has 7 heteroatoms. The second-order valence-corrected chi connectivity index (χ2v) is 8.62. The van der Waals surface area contributed by atoms with E-state index in [0.717, 1.165) is 18.4 Å². The molecule has 1 N–H and O–H groups in total. The number of nitrogens with zero attached hydrogens (tertiary/aromatic N) is 2. The highest BCUT2D eigenvalue weighted by atomic mass is 32.2. The zero-order valence-corrected chi connectivity index (χ0v) is 19.3. The van der Waals surface area contributed by atoms with Crippen LogP contribution in [0, 0.1) is 5.82 Å². The third-order valence-corrected chi connectivity index (χ3v) is 6.10. The fraction of sp³-hybridized carbons (Fsp3) is 0.148. The molecular formula is C27H24FN3O2S. The summed E-state index contributed by atoms with van der Waals surface area (Å²) in [5.41, 5.74) is 2.84. The van der Waals surface area contributed by atoms with Crippen molar-refractivity contribution < 1.29 is 14.0 Å². The molecule has 0 fully saturated rings. The number of rotatable bonds is 8. The molecule has 0 spiro atoms. The molecule has 172 valence electrons. The molecule has 4 rings (SSSR count). The Morgan fingerprint density at radius 1 is 0.971 bits per heavy atom. The first-order valence-corrected chi connectivity index (χ1v) is 12.0. The Bertz CT molecular complexity index is 1200. The Hall–Kier alpha value is -3.71. The Balaban J connectivity index is 1.40. The molecule has 34 heavy (non-hydrogen) atoms. The van der Waals surface area contributed by atoms with Gasteiger partial charge in [-0.3, -0.25) is 14.5 Å². The van der Waals surface area contributed by atoms with Crippen molar-refractivity contribution in [2.45, 2.75) is 12.8 Å². The molecule has 5 nitrogen and oxygen atoms in total. The molecule has 3 aromatic rings. The normalized spacial score (nSPS) is 14.4. The summed E-state index contributed by atoms with van der Waals surface area (Å²) >= 11 is 1.18. The number of aliphatic imine (C=N–C) groups is 1. The first kappa shape index (κ1) is 23.4. The zero-order valence-electron chi connectivity index (χ0n) is 18.5. The lowest BCUT2D eigenvalue weighted by Gasteiger charge is -2.17. The van der Waals surface area contributed by atoms with Crippen molar-refractivity contribution in [3.63, 3.8) is 0 Å². The van der Waals surface area contributed by atoms with Crippen LogP contribution < -0.4 is 10.2 Å². The number of aryl methyl sites for hydroxylation is 1. The summed E-state index contributed by atoms with van der Waals surface area (Å²) in [6.07, 6.45) is 3.43. The molecule has 0 saturated carbocycles. The summed E-state index contributed by atoms with van der Waals surface area (Å²) in [7, 11) is 0. The van der Waals surface area contributed by atoms with Crippen LogP contribution in [0.25, 0.3) is 6.08 Å². The molecule has 0 atom stereocenters. The quantitative estimate of drug-likeness (QED) is 0.368. The number of halogens is 1. The van der Waals surface area contributed by atoms with Crippen molar-refractivity contribution in [3.05, 3.63) is 108 Å². The number of thioether (sulfide) groups is 1. The number of amidine groups is 1. The highest BCUT2D eigenvalue weighted by Gasteiger charge is 2.32. The Morgan fingerprint density at radius 3 is 2.35 bits per heavy atom. The van der Waals surface area contributed by atoms with Gasteiger partial charge in [-0.1, -0.05) is 72.4 Å². The number of amides is 2. The van der Waals surface area contributed by atoms with Gasteiger partial charge in [0.05, 0.1) is 11.4 Å². The van der Waals surface area contributed by atoms with Gasteiger partial charge in [0, 0.05) is 6.54 Å². The molecule has 0 unspecified atom stereocenters. The van der Waals surface area contributed by atoms with E-state index in [4.69, 9.17) is 0 Å². The largest absolute Gasteiger partial charge is 0.355 e. The van der Waals surface area contributed by atoms with Crippen molar-refractivity contribution >= 4 is 40.5 Å². The average molecular weight is 474 g/mol. The van der Waals surface area contributed by atoms with Gasteiger partial charge in [0.2, 0.25) is 5.91 Å². The monoisotopic (exact) mass is 473 g/mol. The fourth-order valence-corrected chi connectivity index (χ4v) is 4.31. The van der Waals surface area contributed by atoms with Crippen LogP contribution in [0.3, 0.4) is 0 Å². The fourth-order valence-electron chi connectivity index (χ4n) is 3.46. The smallest absolute Gasteiger partial charge is 0.283 e.